The first kappa shape index (κ1) is 8.06. The Hall–Kier alpha value is -1.28. The fourth-order valence-corrected chi connectivity index (χ4v) is 2.06. The highest BCUT2D eigenvalue weighted by Gasteiger charge is 2.39. The molecule has 2 unspecified atom stereocenters. The number of nitrogens with two attached hydrogens (primary N) is 1. The lowest BCUT2D eigenvalue weighted by Gasteiger charge is -1.92. The molecule has 1 saturated carbocycles. The van der Waals surface area contributed by atoms with E-state index in [1.807, 2.05) is 18.2 Å². The van der Waals surface area contributed by atoms with E-state index in [-0.39, 0.29) is 0 Å². The van der Waals surface area contributed by atoms with Crippen molar-refractivity contribution in [3.05, 3.63) is 35.6 Å². The summed E-state index contributed by atoms with van der Waals surface area (Å²) >= 11 is 0. The Labute approximate surface area is 82.7 Å². The zero-order valence-corrected chi connectivity index (χ0v) is 8.16. The van der Waals surface area contributed by atoms with Crippen molar-refractivity contribution in [1.82, 2.24) is 0 Å². The number of rotatable bonds is 1. The molecule has 2 atom stereocenters. The van der Waals surface area contributed by atoms with E-state index in [0.29, 0.717) is 12.0 Å². The fraction of sp³-hybridized carbons (Fsp3) is 0.333. The number of benzene rings is 1. The molecule has 1 aromatic heterocycles. The second-order valence-corrected chi connectivity index (χ2v) is 4.09. The SMILES string of the molecule is Cc1c(C2CC2N)oc2ccccc12. The summed E-state index contributed by atoms with van der Waals surface area (Å²) in [6, 6.07) is 8.48. The number of furan rings is 1. The van der Waals surface area contributed by atoms with Crippen LogP contribution in [0.15, 0.2) is 28.7 Å². The van der Waals surface area contributed by atoms with Crippen LogP contribution in [0.2, 0.25) is 0 Å². The highest BCUT2D eigenvalue weighted by atomic mass is 16.3. The third-order valence-corrected chi connectivity index (χ3v) is 3.06. The van der Waals surface area contributed by atoms with E-state index in [9.17, 15) is 0 Å². The van der Waals surface area contributed by atoms with Gasteiger partial charge in [0.2, 0.25) is 0 Å². The Morgan fingerprint density at radius 1 is 1.36 bits per heavy atom. The van der Waals surface area contributed by atoms with Crippen LogP contribution in [0.25, 0.3) is 11.0 Å². The Morgan fingerprint density at radius 2 is 2.07 bits per heavy atom. The van der Waals surface area contributed by atoms with Gasteiger partial charge >= 0.3 is 0 Å². The molecule has 14 heavy (non-hydrogen) atoms. The third-order valence-electron chi connectivity index (χ3n) is 3.06. The molecule has 72 valence electrons. The van der Waals surface area contributed by atoms with Crippen LogP contribution in [0.4, 0.5) is 0 Å². The molecule has 1 fully saturated rings. The average molecular weight is 187 g/mol. The van der Waals surface area contributed by atoms with Gasteiger partial charge < -0.3 is 10.2 Å². The van der Waals surface area contributed by atoms with Gasteiger partial charge in [0.15, 0.2) is 0 Å². The highest BCUT2D eigenvalue weighted by Crippen LogP contribution is 2.43. The highest BCUT2D eigenvalue weighted by molar-refractivity contribution is 5.82. The first-order chi connectivity index (χ1) is 6.77. The van der Waals surface area contributed by atoms with E-state index >= 15 is 0 Å². The summed E-state index contributed by atoms with van der Waals surface area (Å²) < 4.78 is 5.81. The lowest BCUT2D eigenvalue weighted by atomic mass is 10.1. The molecule has 1 aliphatic carbocycles. The molecule has 0 spiro atoms. The number of para-hydroxylation sites is 1. The van der Waals surface area contributed by atoms with Crippen LogP contribution in [-0.2, 0) is 0 Å². The molecule has 1 aromatic carbocycles. The minimum atomic E-state index is 0.314. The second-order valence-electron chi connectivity index (χ2n) is 4.09. The number of hydrogen-bond acceptors (Lipinski definition) is 2. The van der Waals surface area contributed by atoms with Crippen LogP contribution in [0, 0.1) is 6.92 Å². The minimum absolute atomic E-state index is 0.314. The van der Waals surface area contributed by atoms with E-state index in [2.05, 4.69) is 13.0 Å². The van der Waals surface area contributed by atoms with E-state index < -0.39 is 0 Å². The van der Waals surface area contributed by atoms with Gasteiger partial charge in [0.1, 0.15) is 11.3 Å². The molecule has 2 aromatic rings. The molecule has 2 heteroatoms. The zero-order chi connectivity index (χ0) is 9.71. The topological polar surface area (TPSA) is 39.2 Å². The Kier molecular flexibility index (Phi) is 1.50. The van der Waals surface area contributed by atoms with Gasteiger partial charge in [0, 0.05) is 17.3 Å². The van der Waals surface area contributed by atoms with Gasteiger partial charge in [-0.2, -0.15) is 0 Å². The van der Waals surface area contributed by atoms with Gasteiger partial charge in [0.25, 0.3) is 0 Å². The summed E-state index contributed by atoms with van der Waals surface area (Å²) in [5, 5.41) is 1.22. The fourth-order valence-electron chi connectivity index (χ4n) is 2.06. The minimum Gasteiger partial charge on any atom is -0.460 e. The van der Waals surface area contributed by atoms with Crippen molar-refractivity contribution < 1.29 is 4.42 Å². The van der Waals surface area contributed by atoms with Crippen molar-refractivity contribution in [2.75, 3.05) is 0 Å². The molecule has 3 rings (SSSR count). The lowest BCUT2D eigenvalue weighted by Crippen LogP contribution is -2.00. The lowest BCUT2D eigenvalue weighted by molar-refractivity contribution is 0.545. The molecular formula is C12H13NO. The van der Waals surface area contributed by atoms with Crippen LogP contribution < -0.4 is 5.73 Å². The molecule has 0 aliphatic heterocycles. The first-order valence-corrected chi connectivity index (χ1v) is 5.01. The van der Waals surface area contributed by atoms with Crippen molar-refractivity contribution >= 4 is 11.0 Å². The smallest absolute Gasteiger partial charge is 0.134 e. The molecule has 2 nitrogen and oxygen atoms in total. The van der Waals surface area contributed by atoms with Gasteiger partial charge in [0.05, 0.1) is 0 Å². The summed E-state index contributed by atoms with van der Waals surface area (Å²) in [5.74, 6) is 1.56. The first-order valence-electron chi connectivity index (χ1n) is 5.01. The van der Waals surface area contributed by atoms with Gasteiger partial charge in [-0.25, -0.2) is 0 Å². The van der Waals surface area contributed by atoms with E-state index in [4.69, 9.17) is 10.2 Å². The third kappa shape index (κ3) is 1.01. The van der Waals surface area contributed by atoms with Crippen molar-refractivity contribution in [1.29, 1.82) is 0 Å². The Bertz CT molecular complexity index is 486. The molecule has 0 saturated heterocycles. The van der Waals surface area contributed by atoms with Crippen molar-refractivity contribution in [3.63, 3.8) is 0 Å². The second kappa shape index (κ2) is 2.61. The van der Waals surface area contributed by atoms with Crippen LogP contribution in [0.1, 0.15) is 23.7 Å². The van der Waals surface area contributed by atoms with E-state index in [1.165, 1.54) is 10.9 Å². The molecule has 1 heterocycles. The Balaban J connectivity index is 2.21. The van der Waals surface area contributed by atoms with Crippen LogP contribution >= 0.6 is 0 Å². The number of fused-ring (bicyclic) bond motifs is 1. The maximum atomic E-state index is 5.83. The summed E-state index contributed by atoms with van der Waals surface area (Å²) in [4.78, 5) is 0. The maximum absolute atomic E-state index is 5.83. The van der Waals surface area contributed by atoms with Gasteiger partial charge in [-0.15, -0.1) is 0 Å². The summed E-state index contributed by atoms with van der Waals surface area (Å²) in [6.07, 6.45) is 1.07. The summed E-state index contributed by atoms with van der Waals surface area (Å²) in [5.41, 5.74) is 8.08. The van der Waals surface area contributed by atoms with Gasteiger partial charge in [-0.1, -0.05) is 18.2 Å². The molecule has 0 radical (unpaired) electrons. The molecule has 0 amide bonds. The molecule has 1 aliphatic rings. The van der Waals surface area contributed by atoms with Crippen LogP contribution in [-0.4, -0.2) is 6.04 Å². The van der Waals surface area contributed by atoms with Crippen molar-refractivity contribution in [2.24, 2.45) is 5.73 Å². The van der Waals surface area contributed by atoms with Crippen molar-refractivity contribution in [2.45, 2.75) is 25.3 Å². The van der Waals surface area contributed by atoms with Crippen LogP contribution in [0.5, 0.6) is 0 Å². The van der Waals surface area contributed by atoms with Gasteiger partial charge in [-0.3, -0.25) is 0 Å². The monoisotopic (exact) mass is 187 g/mol. The molecule has 2 N–H and O–H groups in total. The van der Waals surface area contributed by atoms with Crippen molar-refractivity contribution in [3.8, 4) is 0 Å². The largest absolute Gasteiger partial charge is 0.460 e. The van der Waals surface area contributed by atoms with Crippen LogP contribution in [0.3, 0.4) is 0 Å². The van der Waals surface area contributed by atoms with E-state index in [1.54, 1.807) is 0 Å². The molecule has 0 bridgehead atoms. The predicted molar refractivity (Wildman–Crippen MR) is 56.3 cm³/mol. The van der Waals surface area contributed by atoms with E-state index in [0.717, 1.165) is 17.8 Å². The quantitative estimate of drug-likeness (QED) is 0.745. The maximum Gasteiger partial charge on any atom is 0.134 e. The number of aryl methyl sites for hydroxylation is 1. The normalized spacial score (nSPS) is 25.6. The summed E-state index contributed by atoms with van der Waals surface area (Å²) in [6.45, 7) is 2.12. The van der Waals surface area contributed by atoms with Gasteiger partial charge in [-0.05, 0) is 25.0 Å². The average Bonchev–Trinajstić information content (AvgIpc) is 2.82. The molecular weight excluding hydrogens is 174 g/mol. The number of hydrogen-bond donors (Lipinski definition) is 1. The zero-order valence-electron chi connectivity index (χ0n) is 8.16. The predicted octanol–water partition coefficient (Wildman–Crippen LogP) is 2.56. The Morgan fingerprint density at radius 3 is 2.71 bits per heavy atom. The standard InChI is InChI=1S/C12H13NO/c1-7-8-4-2-3-5-11(8)14-12(7)9-6-10(9)13/h2-5,9-10H,6,13H2,1H3. The summed E-state index contributed by atoms with van der Waals surface area (Å²) in [7, 11) is 0.